The Morgan fingerprint density at radius 1 is 1.20 bits per heavy atom. The zero-order valence-corrected chi connectivity index (χ0v) is 12.8. The van der Waals surface area contributed by atoms with Crippen molar-refractivity contribution in [3.8, 4) is 0 Å². The molecule has 0 aliphatic carbocycles. The first-order chi connectivity index (χ1) is 9.63. The molecule has 3 rings (SSSR count). The van der Waals surface area contributed by atoms with Crippen molar-refractivity contribution in [3.05, 3.63) is 69.3 Å². The molecule has 1 aromatic heterocycles. The van der Waals surface area contributed by atoms with Crippen LogP contribution in [0.1, 0.15) is 15.9 Å². The maximum Gasteiger partial charge on any atom is 0.168 e. The van der Waals surface area contributed by atoms with Gasteiger partial charge in [-0.25, -0.2) is 4.39 Å². The smallest absolute Gasteiger partial charge is 0.168 e. The van der Waals surface area contributed by atoms with Crippen LogP contribution < -0.4 is 0 Å². The van der Waals surface area contributed by atoms with E-state index >= 15 is 0 Å². The minimum Gasteiger partial charge on any atom is -0.294 e. The Bertz CT molecular complexity index is 774. The largest absolute Gasteiger partial charge is 0.294 e. The van der Waals surface area contributed by atoms with Crippen LogP contribution in [0.2, 0.25) is 0 Å². The van der Waals surface area contributed by atoms with Crippen LogP contribution in [0.25, 0.3) is 10.1 Å². The lowest BCUT2D eigenvalue weighted by Crippen LogP contribution is -2.03. The van der Waals surface area contributed by atoms with Crippen molar-refractivity contribution in [2.24, 2.45) is 0 Å². The number of carbonyl (C=O) groups excluding carboxylic acids is 1. The van der Waals surface area contributed by atoms with Gasteiger partial charge in [-0.3, -0.25) is 4.79 Å². The van der Waals surface area contributed by atoms with E-state index in [9.17, 15) is 9.18 Å². The van der Waals surface area contributed by atoms with Gasteiger partial charge in [0.2, 0.25) is 0 Å². The lowest BCUT2D eigenvalue weighted by atomic mass is 10.0. The van der Waals surface area contributed by atoms with Crippen LogP contribution >= 0.6 is 27.3 Å². The van der Waals surface area contributed by atoms with E-state index in [2.05, 4.69) is 15.9 Å². The third-order valence-electron chi connectivity index (χ3n) is 3.07. The second kappa shape index (κ2) is 5.46. The van der Waals surface area contributed by atoms with Gasteiger partial charge in [0.25, 0.3) is 0 Å². The lowest BCUT2D eigenvalue weighted by Gasteiger charge is -2.02. The fourth-order valence-electron chi connectivity index (χ4n) is 2.19. The summed E-state index contributed by atoms with van der Waals surface area (Å²) in [5, 5.41) is 2.85. The first-order valence-electron chi connectivity index (χ1n) is 6.08. The van der Waals surface area contributed by atoms with E-state index in [1.165, 1.54) is 12.1 Å². The molecule has 1 heterocycles. The van der Waals surface area contributed by atoms with Gasteiger partial charge in [-0.2, -0.15) is 0 Å². The zero-order valence-electron chi connectivity index (χ0n) is 10.4. The Balaban J connectivity index is 1.93. The molecule has 4 heteroatoms. The fourth-order valence-corrected chi connectivity index (χ4v) is 3.67. The topological polar surface area (TPSA) is 17.1 Å². The molecule has 100 valence electrons. The van der Waals surface area contributed by atoms with E-state index in [4.69, 9.17) is 0 Å². The fraction of sp³-hybridized carbons (Fsp3) is 0.0625. The Kier molecular flexibility index (Phi) is 3.68. The van der Waals surface area contributed by atoms with Crippen LogP contribution in [-0.2, 0) is 6.42 Å². The number of hydrogen-bond donors (Lipinski definition) is 0. The predicted molar refractivity (Wildman–Crippen MR) is 84.0 cm³/mol. The summed E-state index contributed by atoms with van der Waals surface area (Å²) in [7, 11) is 0. The second-order valence-electron chi connectivity index (χ2n) is 4.52. The highest BCUT2D eigenvalue weighted by Gasteiger charge is 2.13. The highest BCUT2D eigenvalue weighted by molar-refractivity contribution is 9.10. The average Bonchev–Trinajstić information content (AvgIpc) is 2.81. The molecule has 0 N–H and O–H groups in total. The van der Waals surface area contributed by atoms with Crippen molar-refractivity contribution in [1.82, 2.24) is 0 Å². The monoisotopic (exact) mass is 348 g/mol. The van der Waals surface area contributed by atoms with Gasteiger partial charge in [-0.1, -0.05) is 34.1 Å². The van der Waals surface area contributed by atoms with Gasteiger partial charge >= 0.3 is 0 Å². The van der Waals surface area contributed by atoms with Gasteiger partial charge in [-0.05, 0) is 29.8 Å². The number of Topliss-reactive ketones (excluding diaryl/α,β-unsaturated/α-hetero) is 1. The number of fused-ring (bicyclic) bond motifs is 1. The summed E-state index contributed by atoms with van der Waals surface area (Å²) in [6.07, 6.45) is 0.205. The van der Waals surface area contributed by atoms with Crippen LogP contribution in [0.5, 0.6) is 0 Å². The normalized spacial score (nSPS) is 10.9. The number of hydrogen-bond acceptors (Lipinski definition) is 2. The van der Waals surface area contributed by atoms with E-state index in [-0.39, 0.29) is 18.0 Å². The molecule has 0 amide bonds. The number of carbonyl (C=O) groups is 1. The number of halogens is 2. The van der Waals surface area contributed by atoms with E-state index < -0.39 is 0 Å². The van der Waals surface area contributed by atoms with Gasteiger partial charge in [0.05, 0.1) is 0 Å². The van der Waals surface area contributed by atoms with Crippen LogP contribution in [0.3, 0.4) is 0 Å². The lowest BCUT2D eigenvalue weighted by molar-refractivity contribution is 0.0995. The summed E-state index contributed by atoms with van der Waals surface area (Å²) >= 11 is 4.80. The highest BCUT2D eigenvalue weighted by atomic mass is 79.9. The summed E-state index contributed by atoms with van der Waals surface area (Å²) in [6.45, 7) is 0. The Labute approximate surface area is 128 Å². The molecular weight excluding hydrogens is 339 g/mol. The summed E-state index contributed by atoms with van der Waals surface area (Å²) in [6, 6.07) is 12.4. The Morgan fingerprint density at radius 3 is 2.80 bits per heavy atom. The van der Waals surface area contributed by atoms with Gasteiger partial charge < -0.3 is 0 Å². The van der Waals surface area contributed by atoms with Crippen LogP contribution in [0.15, 0.2) is 52.3 Å². The summed E-state index contributed by atoms with van der Waals surface area (Å²) < 4.78 is 15.1. The Morgan fingerprint density at radius 2 is 2.00 bits per heavy atom. The van der Waals surface area contributed by atoms with Gasteiger partial charge in [-0.15, -0.1) is 11.3 Å². The maximum atomic E-state index is 13.3. The number of thiophene rings is 1. The van der Waals surface area contributed by atoms with Crippen LogP contribution in [-0.4, -0.2) is 5.78 Å². The molecule has 0 bridgehead atoms. The molecule has 0 atom stereocenters. The van der Waals surface area contributed by atoms with Crippen molar-refractivity contribution >= 4 is 43.1 Å². The molecule has 0 fully saturated rings. The van der Waals surface area contributed by atoms with Crippen molar-refractivity contribution in [1.29, 1.82) is 0 Å². The van der Waals surface area contributed by atoms with Gasteiger partial charge in [0.15, 0.2) is 5.78 Å². The molecule has 20 heavy (non-hydrogen) atoms. The number of benzene rings is 2. The predicted octanol–water partition coefficient (Wildman–Crippen LogP) is 5.23. The summed E-state index contributed by atoms with van der Waals surface area (Å²) in [4.78, 5) is 12.4. The zero-order chi connectivity index (χ0) is 14.1. The van der Waals surface area contributed by atoms with Crippen LogP contribution in [0, 0.1) is 5.82 Å². The molecule has 2 aromatic carbocycles. The standard InChI is InChI=1S/C16H10BrFOS/c17-11-5-10(6-12(18)8-11)7-15(19)14-9-20-16-4-2-1-3-13(14)16/h1-6,8-9H,7H2. The SMILES string of the molecule is O=C(Cc1cc(F)cc(Br)c1)c1csc2ccccc12. The molecule has 0 unspecified atom stereocenters. The number of ketones is 1. The van der Waals surface area contributed by atoms with Gasteiger partial charge in [0, 0.05) is 31.9 Å². The van der Waals surface area contributed by atoms with E-state index in [0.717, 1.165) is 10.1 Å². The average molecular weight is 349 g/mol. The molecule has 1 nitrogen and oxygen atoms in total. The molecule has 0 saturated heterocycles. The quantitative estimate of drug-likeness (QED) is 0.592. The summed E-state index contributed by atoms with van der Waals surface area (Å²) in [5.74, 6) is -0.322. The van der Waals surface area contributed by atoms with Crippen molar-refractivity contribution in [3.63, 3.8) is 0 Å². The third-order valence-corrected chi connectivity index (χ3v) is 4.49. The van der Waals surface area contributed by atoms with Gasteiger partial charge in [0.1, 0.15) is 5.82 Å². The van der Waals surface area contributed by atoms with Crippen molar-refractivity contribution in [2.75, 3.05) is 0 Å². The molecule has 0 aliphatic heterocycles. The van der Waals surface area contributed by atoms with Crippen molar-refractivity contribution < 1.29 is 9.18 Å². The number of rotatable bonds is 3. The minimum atomic E-state index is -0.336. The second-order valence-corrected chi connectivity index (χ2v) is 6.35. The van der Waals surface area contributed by atoms with Crippen LogP contribution in [0.4, 0.5) is 4.39 Å². The molecule has 0 saturated carbocycles. The first-order valence-corrected chi connectivity index (χ1v) is 7.75. The molecule has 0 radical (unpaired) electrons. The third kappa shape index (κ3) is 2.67. The molecule has 0 aliphatic rings. The van der Waals surface area contributed by atoms with Crippen molar-refractivity contribution in [2.45, 2.75) is 6.42 Å². The molecular formula is C16H10BrFOS. The Hall–Kier alpha value is -1.52. The highest BCUT2D eigenvalue weighted by Crippen LogP contribution is 2.27. The van der Waals surface area contributed by atoms with E-state index in [1.54, 1.807) is 17.4 Å². The minimum absolute atomic E-state index is 0.0138. The molecule has 3 aromatic rings. The van der Waals surface area contributed by atoms with E-state index in [0.29, 0.717) is 15.6 Å². The molecule has 0 spiro atoms. The first kappa shape index (κ1) is 13.5. The van der Waals surface area contributed by atoms with E-state index in [1.807, 2.05) is 29.6 Å². The maximum absolute atomic E-state index is 13.3. The summed E-state index contributed by atoms with van der Waals surface area (Å²) in [5.41, 5.74) is 1.39.